The van der Waals surface area contributed by atoms with Gasteiger partial charge in [-0.3, -0.25) is 4.79 Å². The van der Waals surface area contributed by atoms with Crippen LogP contribution in [0.3, 0.4) is 0 Å². The molecule has 5 nitrogen and oxygen atoms in total. The van der Waals surface area contributed by atoms with E-state index in [1.165, 1.54) is 4.88 Å². The maximum absolute atomic E-state index is 12.5. The molecule has 24 heavy (non-hydrogen) atoms. The highest BCUT2D eigenvalue weighted by atomic mass is 32.1. The third-order valence-corrected chi connectivity index (χ3v) is 5.71. The van der Waals surface area contributed by atoms with Crippen LogP contribution in [0.5, 0.6) is 0 Å². The Morgan fingerprint density at radius 1 is 1.42 bits per heavy atom. The van der Waals surface area contributed by atoms with Crippen LogP contribution in [-0.2, 0) is 4.79 Å². The summed E-state index contributed by atoms with van der Waals surface area (Å²) < 4.78 is 0. The number of nitrogens with one attached hydrogen (secondary N) is 1. The van der Waals surface area contributed by atoms with Gasteiger partial charge in [0.15, 0.2) is 0 Å². The van der Waals surface area contributed by atoms with Crippen molar-refractivity contribution in [1.29, 1.82) is 0 Å². The molecule has 0 spiro atoms. The van der Waals surface area contributed by atoms with Crippen molar-refractivity contribution >= 4 is 17.2 Å². The van der Waals surface area contributed by atoms with E-state index in [9.17, 15) is 9.90 Å². The number of likely N-dealkylation sites (N-methyl/N-ethyl adjacent to an activating group) is 1. The van der Waals surface area contributed by atoms with Gasteiger partial charge in [0.1, 0.15) is 0 Å². The highest BCUT2D eigenvalue weighted by Crippen LogP contribution is 2.29. The molecule has 3 rings (SSSR count). The number of rotatable bonds is 4. The first-order chi connectivity index (χ1) is 11.5. The summed E-state index contributed by atoms with van der Waals surface area (Å²) in [6.45, 7) is 4.52. The first-order valence-corrected chi connectivity index (χ1v) is 9.04. The number of aliphatic hydroxyl groups excluding tert-OH is 1. The minimum absolute atomic E-state index is 0.0198. The summed E-state index contributed by atoms with van der Waals surface area (Å²) >= 11 is 1.64. The van der Waals surface area contributed by atoms with E-state index in [1.807, 2.05) is 26.4 Å². The smallest absolute Gasteiger partial charge is 0.240 e. The predicted octanol–water partition coefficient (Wildman–Crippen LogP) is 2.36. The Hall–Kier alpha value is -1.76. The normalized spacial score (nSPS) is 21.7. The zero-order valence-electron chi connectivity index (χ0n) is 14.2. The zero-order valence-corrected chi connectivity index (χ0v) is 15.0. The molecule has 3 atom stereocenters. The lowest BCUT2D eigenvalue weighted by Crippen LogP contribution is -2.42. The number of nitrogens with zero attached hydrogens (tertiary/aromatic N) is 2. The van der Waals surface area contributed by atoms with Crippen LogP contribution in [0.25, 0.3) is 10.4 Å². The molecule has 1 aromatic heterocycles. The summed E-state index contributed by atoms with van der Waals surface area (Å²) in [5.41, 5.74) is 5.14. The van der Waals surface area contributed by atoms with Gasteiger partial charge in [-0.15, -0.1) is 11.3 Å². The standard InChI is InChI=1S/C18H23N3O2S/c1-11-17(24-10-20-11)14-6-4-13(5-7-14)12(2)21(3)18(23)16-8-15(22)9-19-16/h4-7,10,12,15-16,19,22H,8-9H2,1-3H3/t12-,15+,16-/m0/s1. The minimum Gasteiger partial charge on any atom is -0.392 e. The Morgan fingerprint density at radius 2 is 2.12 bits per heavy atom. The summed E-state index contributed by atoms with van der Waals surface area (Å²) in [6.07, 6.45) is 0.0593. The van der Waals surface area contributed by atoms with Crippen molar-refractivity contribution in [3.63, 3.8) is 0 Å². The summed E-state index contributed by atoms with van der Waals surface area (Å²) in [5, 5.41) is 12.7. The summed E-state index contributed by atoms with van der Waals surface area (Å²) in [4.78, 5) is 19.8. The molecule has 0 saturated carbocycles. The van der Waals surface area contributed by atoms with Gasteiger partial charge in [0.25, 0.3) is 0 Å². The second kappa shape index (κ2) is 7.01. The molecule has 0 radical (unpaired) electrons. The average molecular weight is 345 g/mol. The molecule has 1 aliphatic rings. The quantitative estimate of drug-likeness (QED) is 0.893. The van der Waals surface area contributed by atoms with E-state index in [0.29, 0.717) is 13.0 Å². The molecule has 1 aliphatic heterocycles. The Balaban J connectivity index is 1.71. The average Bonchev–Trinajstić information content (AvgIpc) is 3.21. The van der Waals surface area contributed by atoms with Crippen LogP contribution in [0.2, 0.25) is 0 Å². The van der Waals surface area contributed by atoms with Gasteiger partial charge < -0.3 is 15.3 Å². The Labute approximate surface area is 146 Å². The zero-order chi connectivity index (χ0) is 17.3. The van der Waals surface area contributed by atoms with Gasteiger partial charge in [-0.25, -0.2) is 4.98 Å². The number of amides is 1. The first-order valence-electron chi connectivity index (χ1n) is 8.16. The summed E-state index contributed by atoms with van der Waals surface area (Å²) in [7, 11) is 1.82. The van der Waals surface area contributed by atoms with E-state index < -0.39 is 6.10 Å². The Bertz CT molecular complexity index is 713. The van der Waals surface area contributed by atoms with Crippen molar-refractivity contribution in [2.45, 2.75) is 38.5 Å². The molecule has 0 aliphatic carbocycles. The number of benzene rings is 1. The Morgan fingerprint density at radius 3 is 2.67 bits per heavy atom. The van der Waals surface area contributed by atoms with Crippen molar-refractivity contribution in [3.8, 4) is 10.4 Å². The number of β-amino-alcohol motifs (C(OH)–C–C–N with tert-alkyl or cyclic N) is 1. The van der Waals surface area contributed by atoms with Crippen LogP contribution < -0.4 is 5.32 Å². The van der Waals surface area contributed by atoms with Crippen molar-refractivity contribution in [1.82, 2.24) is 15.2 Å². The lowest BCUT2D eigenvalue weighted by Gasteiger charge is -2.28. The largest absolute Gasteiger partial charge is 0.392 e. The van der Waals surface area contributed by atoms with E-state index in [0.717, 1.165) is 16.8 Å². The molecule has 2 aromatic rings. The van der Waals surface area contributed by atoms with Crippen LogP contribution in [0, 0.1) is 6.92 Å². The minimum atomic E-state index is -0.426. The van der Waals surface area contributed by atoms with Crippen LogP contribution in [0.4, 0.5) is 0 Å². The SMILES string of the molecule is Cc1ncsc1-c1ccc([C@H](C)N(C)C(=O)[C@@H]2C[C@@H](O)CN2)cc1. The molecule has 1 aromatic carbocycles. The molecule has 2 N–H and O–H groups in total. The van der Waals surface area contributed by atoms with Crippen LogP contribution in [0.15, 0.2) is 29.8 Å². The van der Waals surface area contributed by atoms with Gasteiger partial charge in [0, 0.05) is 13.6 Å². The van der Waals surface area contributed by atoms with Gasteiger partial charge in [-0.05, 0) is 31.4 Å². The molecule has 2 heterocycles. The van der Waals surface area contributed by atoms with Gasteiger partial charge in [-0.2, -0.15) is 0 Å². The molecule has 0 unspecified atom stereocenters. The molecule has 1 amide bonds. The fraction of sp³-hybridized carbons (Fsp3) is 0.444. The second-order valence-electron chi connectivity index (χ2n) is 6.36. The highest BCUT2D eigenvalue weighted by molar-refractivity contribution is 7.13. The van der Waals surface area contributed by atoms with E-state index in [-0.39, 0.29) is 18.0 Å². The predicted molar refractivity (Wildman–Crippen MR) is 95.9 cm³/mol. The first kappa shape index (κ1) is 17.1. The summed E-state index contributed by atoms with van der Waals surface area (Å²) in [6, 6.07) is 8.00. The number of aryl methyl sites for hydroxylation is 1. The number of hydrogen-bond acceptors (Lipinski definition) is 5. The van der Waals surface area contributed by atoms with Gasteiger partial charge >= 0.3 is 0 Å². The molecule has 1 saturated heterocycles. The van der Waals surface area contributed by atoms with E-state index in [2.05, 4.69) is 34.6 Å². The fourth-order valence-electron chi connectivity index (χ4n) is 3.06. The van der Waals surface area contributed by atoms with E-state index in [4.69, 9.17) is 0 Å². The number of aromatic nitrogens is 1. The lowest BCUT2D eigenvalue weighted by molar-refractivity contribution is -0.133. The highest BCUT2D eigenvalue weighted by Gasteiger charge is 2.31. The topological polar surface area (TPSA) is 65.5 Å². The van der Waals surface area contributed by atoms with Crippen molar-refractivity contribution < 1.29 is 9.90 Å². The van der Waals surface area contributed by atoms with Crippen LogP contribution in [0.1, 0.15) is 30.6 Å². The molecular weight excluding hydrogens is 322 g/mol. The number of hydrogen-bond donors (Lipinski definition) is 2. The van der Waals surface area contributed by atoms with Crippen LogP contribution in [-0.4, -0.2) is 46.6 Å². The van der Waals surface area contributed by atoms with E-state index >= 15 is 0 Å². The molecule has 6 heteroatoms. The fourth-order valence-corrected chi connectivity index (χ4v) is 3.87. The number of thiazole rings is 1. The second-order valence-corrected chi connectivity index (χ2v) is 7.22. The third-order valence-electron chi connectivity index (χ3n) is 4.74. The molecule has 1 fully saturated rings. The van der Waals surface area contributed by atoms with Crippen molar-refractivity contribution in [2.24, 2.45) is 0 Å². The monoisotopic (exact) mass is 345 g/mol. The maximum Gasteiger partial charge on any atom is 0.240 e. The van der Waals surface area contributed by atoms with Crippen molar-refractivity contribution in [3.05, 3.63) is 41.0 Å². The van der Waals surface area contributed by atoms with Gasteiger partial charge in [0.05, 0.1) is 34.3 Å². The number of carbonyl (C=O) groups excluding carboxylic acids is 1. The number of carbonyl (C=O) groups is 1. The number of aliphatic hydroxyl groups is 1. The lowest BCUT2D eigenvalue weighted by atomic mass is 10.0. The maximum atomic E-state index is 12.5. The van der Waals surface area contributed by atoms with Gasteiger partial charge in [0.2, 0.25) is 5.91 Å². The van der Waals surface area contributed by atoms with Crippen LogP contribution >= 0.6 is 11.3 Å². The van der Waals surface area contributed by atoms with E-state index in [1.54, 1.807) is 16.2 Å². The molecule has 128 valence electrons. The molecular formula is C18H23N3O2S. The third kappa shape index (κ3) is 3.36. The summed E-state index contributed by atoms with van der Waals surface area (Å²) in [5.74, 6) is 0.0291. The van der Waals surface area contributed by atoms with Gasteiger partial charge in [-0.1, -0.05) is 24.3 Å². The molecule has 0 bridgehead atoms. The van der Waals surface area contributed by atoms with Crippen molar-refractivity contribution in [2.75, 3.05) is 13.6 Å². The Kier molecular flexibility index (Phi) is 4.99.